The molecule has 1 heterocycles. The van der Waals surface area contributed by atoms with Crippen LogP contribution < -0.4 is 5.32 Å². The van der Waals surface area contributed by atoms with Gasteiger partial charge in [0, 0.05) is 10.8 Å². The quantitative estimate of drug-likeness (QED) is 0.755. The highest BCUT2D eigenvalue weighted by Crippen LogP contribution is 2.41. The molecule has 1 N–H and O–H groups in total. The molecule has 1 rings (SSSR count). The molecule has 0 aromatic carbocycles. The van der Waals surface area contributed by atoms with Crippen LogP contribution in [0.5, 0.6) is 0 Å². The van der Waals surface area contributed by atoms with Crippen molar-refractivity contribution in [2.75, 3.05) is 12.8 Å². The molecule has 0 amide bonds. The average molecular weight is 215 g/mol. The first-order valence-corrected chi connectivity index (χ1v) is 6.88. The topological polar surface area (TPSA) is 12.0 Å². The van der Waals surface area contributed by atoms with Crippen molar-refractivity contribution in [3.05, 3.63) is 0 Å². The van der Waals surface area contributed by atoms with Crippen LogP contribution in [-0.2, 0) is 0 Å². The maximum absolute atomic E-state index is 3.52. The van der Waals surface area contributed by atoms with E-state index in [-0.39, 0.29) is 0 Å². The molecular weight excluding hydrogens is 190 g/mol. The molecule has 0 aliphatic carbocycles. The third kappa shape index (κ3) is 3.16. The highest BCUT2D eigenvalue weighted by molar-refractivity contribution is 8.00. The van der Waals surface area contributed by atoms with Crippen molar-refractivity contribution >= 4 is 11.8 Å². The molecule has 0 radical (unpaired) electrons. The van der Waals surface area contributed by atoms with Gasteiger partial charge in [0.1, 0.15) is 0 Å². The highest BCUT2D eigenvalue weighted by Gasteiger charge is 2.36. The van der Waals surface area contributed by atoms with Crippen molar-refractivity contribution in [1.29, 1.82) is 0 Å². The van der Waals surface area contributed by atoms with E-state index in [2.05, 4.69) is 44.9 Å². The van der Waals surface area contributed by atoms with Crippen LogP contribution >= 0.6 is 11.8 Å². The van der Waals surface area contributed by atoms with Crippen molar-refractivity contribution < 1.29 is 0 Å². The van der Waals surface area contributed by atoms with Crippen molar-refractivity contribution in [3.8, 4) is 0 Å². The van der Waals surface area contributed by atoms with Crippen molar-refractivity contribution in [3.63, 3.8) is 0 Å². The number of rotatable bonds is 5. The molecule has 0 saturated carbocycles. The largest absolute Gasteiger partial charge is 0.316 e. The lowest BCUT2D eigenvalue weighted by Gasteiger charge is -2.33. The number of hydrogen-bond donors (Lipinski definition) is 1. The predicted molar refractivity (Wildman–Crippen MR) is 67.0 cm³/mol. The zero-order chi connectivity index (χ0) is 10.6. The van der Waals surface area contributed by atoms with E-state index >= 15 is 0 Å². The van der Waals surface area contributed by atoms with E-state index in [1.54, 1.807) is 0 Å². The molecule has 0 aromatic heterocycles. The molecule has 0 spiro atoms. The summed E-state index contributed by atoms with van der Waals surface area (Å²) in [4.78, 5) is 0. The van der Waals surface area contributed by atoms with E-state index in [1.807, 2.05) is 0 Å². The lowest BCUT2D eigenvalue weighted by atomic mass is 9.90. The zero-order valence-electron chi connectivity index (χ0n) is 10.1. The predicted octanol–water partition coefficient (Wildman–Crippen LogP) is 3.30. The smallest absolute Gasteiger partial charge is 0.0285 e. The molecule has 84 valence electrons. The van der Waals surface area contributed by atoms with E-state index in [1.165, 1.54) is 31.4 Å². The van der Waals surface area contributed by atoms with Gasteiger partial charge in [-0.3, -0.25) is 0 Å². The van der Waals surface area contributed by atoms with Crippen LogP contribution in [0.2, 0.25) is 0 Å². The van der Waals surface area contributed by atoms with Gasteiger partial charge in [-0.2, -0.15) is 11.8 Å². The second-order valence-electron chi connectivity index (χ2n) is 5.08. The van der Waals surface area contributed by atoms with E-state index in [0.717, 1.165) is 5.92 Å². The van der Waals surface area contributed by atoms with Gasteiger partial charge in [0.05, 0.1) is 0 Å². The number of thioether (sulfide) groups is 1. The van der Waals surface area contributed by atoms with Gasteiger partial charge in [-0.25, -0.2) is 0 Å². The molecule has 2 heteroatoms. The first-order valence-electron chi connectivity index (χ1n) is 5.89. The Labute approximate surface area is 93.4 Å². The van der Waals surface area contributed by atoms with Crippen LogP contribution in [0.3, 0.4) is 0 Å². The lowest BCUT2D eigenvalue weighted by Crippen LogP contribution is -2.43. The van der Waals surface area contributed by atoms with Crippen molar-refractivity contribution in [2.45, 2.75) is 57.2 Å². The van der Waals surface area contributed by atoms with Gasteiger partial charge in [-0.1, -0.05) is 13.8 Å². The molecule has 1 saturated heterocycles. The summed E-state index contributed by atoms with van der Waals surface area (Å²) in [7, 11) is 2.12. The summed E-state index contributed by atoms with van der Waals surface area (Å²) in [5, 5.41) is 3.52. The molecule has 0 bridgehead atoms. The van der Waals surface area contributed by atoms with E-state index in [4.69, 9.17) is 0 Å². The fourth-order valence-electron chi connectivity index (χ4n) is 2.33. The first-order chi connectivity index (χ1) is 6.58. The molecule has 0 aromatic rings. The Morgan fingerprint density at radius 3 is 2.50 bits per heavy atom. The maximum Gasteiger partial charge on any atom is 0.0285 e. The van der Waals surface area contributed by atoms with Gasteiger partial charge in [-0.05, 0) is 51.3 Å². The number of nitrogens with one attached hydrogen (secondary N) is 1. The van der Waals surface area contributed by atoms with Crippen LogP contribution in [0.1, 0.15) is 46.5 Å². The van der Waals surface area contributed by atoms with Crippen LogP contribution in [0.4, 0.5) is 0 Å². The number of hydrogen-bond acceptors (Lipinski definition) is 2. The summed E-state index contributed by atoms with van der Waals surface area (Å²) in [5.41, 5.74) is 0. The summed E-state index contributed by atoms with van der Waals surface area (Å²) in [5.74, 6) is 2.19. The van der Waals surface area contributed by atoms with Gasteiger partial charge in [-0.15, -0.1) is 0 Å². The minimum atomic E-state index is 0.504. The molecule has 1 aliphatic rings. The fraction of sp³-hybridized carbons (Fsp3) is 1.00. The van der Waals surface area contributed by atoms with E-state index < -0.39 is 0 Å². The fourth-order valence-corrected chi connectivity index (χ4v) is 3.81. The third-order valence-corrected chi connectivity index (χ3v) is 5.01. The summed E-state index contributed by atoms with van der Waals surface area (Å²) in [6.45, 7) is 7.07. The zero-order valence-corrected chi connectivity index (χ0v) is 10.9. The molecule has 14 heavy (non-hydrogen) atoms. The minimum absolute atomic E-state index is 0.504. The Bertz CT molecular complexity index is 162. The van der Waals surface area contributed by atoms with Gasteiger partial charge in [0.25, 0.3) is 0 Å². The average Bonchev–Trinajstić information content (AvgIpc) is 2.53. The molecule has 2 atom stereocenters. The van der Waals surface area contributed by atoms with Crippen LogP contribution in [0, 0.1) is 5.92 Å². The van der Waals surface area contributed by atoms with Gasteiger partial charge in [0.2, 0.25) is 0 Å². The molecule has 1 aliphatic heterocycles. The van der Waals surface area contributed by atoms with Crippen LogP contribution in [0.15, 0.2) is 0 Å². The molecule has 1 nitrogen and oxygen atoms in total. The van der Waals surface area contributed by atoms with Gasteiger partial charge in [0.15, 0.2) is 0 Å². The lowest BCUT2D eigenvalue weighted by molar-refractivity contribution is 0.373. The van der Waals surface area contributed by atoms with E-state index in [9.17, 15) is 0 Å². The van der Waals surface area contributed by atoms with Crippen LogP contribution in [-0.4, -0.2) is 23.6 Å². The molecule has 1 fully saturated rings. The Balaban J connectivity index is 2.43. The summed E-state index contributed by atoms with van der Waals surface area (Å²) >= 11 is 2.17. The maximum atomic E-state index is 3.52. The van der Waals surface area contributed by atoms with Gasteiger partial charge >= 0.3 is 0 Å². The Morgan fingerprint density at radius 1 is 1.36 bits per heavy atom. The summed E-state index contributed by atoms with van der Waals surface area (Å²) in [6, 6.07) is 0.706. The summed E-state index contributed by atoms with van der Waals surface area (Å²) < 4.78 is 0.504. The Kier molecular flexibility index (Phi) is 4.78. The highest BCUT2D eigenvalue weighted by atomic mass is 32.2. The monoisotopic (exact) mass is 215 g/mol. The van der Waals surface area contributed by atoms with Crippen molar-refractivity contribution in [2.24, 2.45) is 5.92 Å². The van der Waals surface area contributed by atoms with Gasteiger partial charge < -0.3 is 5.32 Å². The third-order valence-electron chi connectivity index (χ3n) is 3.37. The molecule has 2 unspecified atom stereocenters. The standard InChI is InChI=1S/C12H25NS/c1-10(2)6-7-11(13-4)12(3)8-5-9-14-12/h10-11,13H,5-9H2,1-4H3. The normalized spacial score (nSPS) is 29.8. The molecular formula is C12H25NS. The SMILES string of the molecule is CNC(CCC(C)C)C1(C)CCCS1. The van der Waals surface area contributed by atoms with E-state index in [0.29, 0.717) is 10.8 Å². The first kappa shape index (κ1) is 12.4. The van der Waals surface area contributed by atoms with Crippen LogP contribution in [0.25, 0.3) is 0 Å². The second-order valence-corrected chi connectivity index (χ2v) is 6.71. The Morgan fingerprint density at radius 2 is 2.07 bits per heavy atom. The second kappa shape index (κ2) is 5.41. The summed E-state index contributed by atoms with van der Waals surface area (Å²) in [6.07, 6.45) is 5.47. The Hall–Kier alpha value is 0.310. The minimum Gasteiger partial charge on any atom is -0.316 e. The van der Waals surface area contributed by atoms with Crippen molar-refractivity contribution in [1.82, 2.24) is 5.32 Å².